The summed E-state index contributed by atoms with van der Waals surface area (Å²) >= 11 is 1.82. The second-order valence-corrected chi connectivity index (χ2v) is 7.83. The third-order valence-electron chi connectivity index (χ3n) is 5.12. The average molecular weight is 309 g/mol. The van der Waals surface area contributed by atoms with Crippen LogP contribution in [0.3, 0.4) is 0 Å². The highest BCUT2D eigenvalue weighted by atomic mass is 32.2. The van der Waals surface area contributed by atoms with E-state index in [0.717, 1.165) is 37.6 Å². The fourth-order valence-corrected chi connectivity index (χ4v) is 4.94. The predicted molar refractivity (Wildman–Crippen MR) is 88.7 cm³/mol. The van der Waals surface area contributed by atoms with Crippen LogP contribution in [-0.2, 0) is 4.79 Å². The lowest BCUT2D eigenvalue weighted by molar-refractivity contribution is -0.133. The molecule has 0 bridgehead atoms. The maximum Gasteiger partial charge on any atom is 0.244 e. The van der Waals surface area contributed by atoms with Crippen LogP contribution >= 0.6 is 11.8 Å². The van der Waals surface area contributed by atoms with Crippen LogP contribution in [0.15, 0.2) is 4.99 Å². The van der Waals surface area contributed by atoms with Crippen LogP contribution in [0.4, 0.5) is 0 Å². The molecule has 0 radical (unpaired) electrons. The summed E-state index contributed by atoms with van der Waals surface area (Å²) in [5.41, 5.74) is 0.468. The molecule has 1 saturated heterocycles. The Bertz CT molecular complexity index is 412. The molecule has 0 aromatic rings. The monoisotopic (exact) mass is 309 g/mol. The molecule has 118 valence electrons. The Morgan fingerprint density at radius 3 is 2.57 bits per heavy atom. The Labute approximate surface area is 132 Å². The molecule has 1 N–H and O–H groups in total. The molecule has 1 aliphatic carbocycles. The van der Waals surface area contributed by atoms with Gasteiger partial charge in [0.05, 0.1) is 0 Å². The Hall–Kier alpha value is -0.710. The van der Waals surface area contributed by atoms with Gasteiger partial charge in [-0.1, -0.05) is 24.6 Å². The molecule has 1 saturated carbocycles. The van der Waals surface area contributed by atoms with Crippen LogP contribution in [0.25, 0.3) is 0 Å². The fraction of sp³-hybridized carbons (Fsp3) is 0.875. The molecule has 0 aromatic carbocycles. The minimum absolute atomic E-state index is 0.146. The van der Waals surface area contributed by atoms with E-state index in [1.165, 1.54) is 37.9 Å². The quantitative estimate of drug-likeness (QED) is 0.853. The lowest BCUT2D eigenvalue weighted by Gasteiger charge is -2.33. The van der Waals surface area contributed by atoms with Crippen molar-refractivity contribution in [2.24, 2.45) is 10.4 Å². The van der Waals surface area contributed by atoms with Gasteiger partial charge in [0.2, 0.25) is 5.91 Å². The van der Waals surface area contributed by atoms with Crippen molar-refractivity contribution in [1.29, 1.82) is 0 Å². The van der Waals surface area contributed by atoms with Crippen molar-refractivity contribution in [2.75, 3.05) is 25.4 Å². The SMILES string of the molecule is CC(NC1=NCC2(CCCC2)CS1)C(=O)N1CCCCC1. The predicted octanol–water partition coefficient (Wildman–Crippen LogP) is 2.64. The number of piperidine rings is 1. The number of nitrogens with one attached hydrogen (secondary N) is 1. The molecule has 1 amide bonds. The maximum absolute atomic E-state index is 12.4. The van der Waals surface area contributed by atoms with E-state index in [4.69, 9.17) is 4.99 Å². The van der Waals surface area contributed by atoms with Crippen molar-refractivity contribution in [3.8, 4) is 0 Å². The third kappa shape index (κ3) is 3.55. The highest BCUT2D eigenvalue weighted by molar-refractivity contribution is 8.13. The van der Waals surface area contributed by atoms with Crippen molar-refractivity contribution in [1.82, 2.24) is 10.2 Å². The summed E-state index contributed by atoms with van der Waals surface area (Å²) in [6, 6.07) is -0.146. The number of carbonyl (C=O) groups is 1. The molecule has 5 heteroatoms. The summed E-state index contributed by atoms with van der Waals surface area (Å²) in [4.78, 5) is 19.2. The van der Waals surface area contributed by atoms with Crippen LogP contribution in [-0.4, -0.2) is 47.4 Å². The second-order valence-electron chi connectivity index (χ2n) is 6.87. The number of rotatable bonds is 2. The van der Waals surface area contributed by atoms with E-state index in [-0.39, 0.29) is 11.9 Å². The maximum atomic E-state index is 12.4. The van der Waals surface area contributed by atoms with Gasteiger partial charge in [-0.05, 0) is 44.4 Å². The Morgan fingerprint density at radius 2 is 1.95 bits per heavy atom. The van der Waals surface area contributed by atoms with Gasteiger partial charge in [0.25, 0.3) is 0 Å². The molecular formula is C16H27N3OS. The number of amides is 1. The highest BCUT2D eigenvalue weighted by Gasteiger charge is 2.36. The lowest BCUT2D eigenvalue weighted by Crippen LogP contribution is -2.48. The number of thioether (sulfide) groups is 1. The van der Waals surface area contributed by atoms with Gasteiger partial charge in [0.1, 0.15) is 6.04 Å². The minimum atomic E-state index is -0.146. The largest absolute Gasteiger partial charge is 0.353 e. The fourth-order valence-electron chi connectivity index (χ4n) is 3.70. The molecule has 4 nitrogen and oxygen atoms in total. The normalized spacial score (nSPS) is 26.5. The molecule has 1 spiro atoms. The first-order valence-electron chi connectivity index (χ1n) is 8.41. The number of nitrogens with zero attached hydrogens (tertiary/aromatic N) is 2. The van der Waals surface area contributed by atoms with Gasteiger partial charge in [0, 0.05) is 25.4 Å². The molecule has 1 unspecified atom stereocenters. The van der Waals surface area contributed by atoms with E-state index in [1.54, 1.807) is 0 Å². The Balaban J connectivity index is 1.51. The van der Waals surface area contributed by atoms with Gasteiger partial charge >= 0.3 is 0 Å². The molecular weight excluding hydrogens is 282 g/mol. The standard InChI is InChI=1S/C16H27N3OS/c1-13(14(20)19-9-5-2-6-10-19)18-15-17-11-16(12-21-15)7-3-4-8-16/h13H,2-12H2,1H3,(H,17,18). The first-order valence-corrected chi connectivity index (χ1v) is 9.40. The zero-order chi connectivity index (χ0) is 14.7. The summed E-state index contributed by atoms with van der Waals surface area (Å²) in [5, 5.41) is 4.32. The second kappa shape index (κ2) is 6.59. The van der Waals surface area contributed by atoms with E-state index in [1.807, 2.05) is 23.6 Å². The molecule has 3 aliphatic rings. The summed E-state index contributed by atoms with van der Waals surface area (Å²) < 4.78 is 0. The number of aliphatic imine (C=N–C) groups is 1. The Morgan fingerprint density at radius 1 is 1.24 bits per heavy atom. The van der Waals surface area contributed by atoms with Gasteiger partial charge < -0.3 is 10.2 Å². The van der Waals surface area contributed by atoms with E-state index < -0.39 is 0 Å². The summed E-state index contributed by atoms with van der Waals surface area (Å²) in [5.74, 6) is 1.41. The van der Waals surface area contributed by atoms with Crippen molar-refractivity contribution in [3.63, 3.8) is 0 Å². The van der Waals surface area contributed by atoms with E-state index in [0.29, 0.717) is 5.41 Å². The van der Waals surface area contributed by atoms with Gasteiger partial charge in [-0.25, -0.2) is 0 Å². The van der Waals surface area contributed by atoms with Gasteiger partial charge in [-0.2, -0.15) is 0 Å². The molecule has 3 rings (SSSR count). The Kier molecular flexibility index (Phi) is 4.77. The summed E-state index contributed by atoms with van der Waals surface area (Å²) in [6.45, 7) is 4.77. The molecule has 0 aromatic heterocycles. The number of amidine groups is 1. The number of hydrogen-bond acceptors (Lipinski definition) is 4. The first-order chi connectivity index (χ1) is 10.2. The van der Waals surface area contributed by atoms with Crippen molar-refractivity contribution < 1.29 is 4.79 Å². The first kappa shape index (κ1) is 15.2. The van der Waals surface area contributed by atoms with E-state index in [2.05, 4.69) is 5.32 Å². The molecule has 1 atom stereocenters. The van der Waals surface area contributed by atoms with Crippen molar-refractivity contribution in [3.05, 3.63) is 0 Å². The average Bonchev–Trinajstić information content (AvgIpc) is 2.98. The van der Waals surface area contributed by atoms with Gasteiger partial charge in [0.15, 0.2) is 5.17 Å². The van der Waals surface area contributed by atoms with Crippen LogP contribution in [0.5, 0.6) is 0 Å². The number of carbonyl (C=O) groups excluding carboxylic acids is 1. The summed E-state index contributed by atoms with van der Waals surface area (Å²) in [6.07, 6.45) is 8.95. The molecule has 2 fully saturated rings. The van der Waals surface area contributed by atoms with Crippen molar-refractivity contribution in [2.45, 2.75) is 57.9 Å². The zero-order valence-corrected chi connectivity index (χ0v) is 13.9. The molecule has 2 heterocycles. The highest BCUT2D eigenvalue weighted by Crippen LogP contribution is 2.43. The molecule has 21 heavy (non-hydrogen) atoms. The van der Waals surface area contributed by atoms with Crippen LogP contribution < -0.4 is 5.32 Å². The summed E-state index contributed by atoms with van der Waals surface area (Å²) in [7, 11) is 0. The smallest absolute Gasteiger partial charge is 0.244 e. The van der Waals surface area contributed by atoms with Gasteiger partial charge in [-0.15, -0.1) is 0 Å². The van der Waals surface area contributed by atoms with Crippen LogP contribution in [0, 0.1) is 5.41 Å². The topological polar surface area (TPSA) is 44.7 Å². The van der Waals surface area contributed by atoms with Crippen molar-refractivity contribution >= 4 is 22.8 Å². The number of likely N-dealkylation sites (tertiary alicyclic amines) is 1. The number of hydrogen-bond donors (Lipinski definition) is 1. The van der Waals surface area contributed by atoms with Gasteiger partial charge in [-0.3, -0.25) is 9.79 Å². The minimum Gasteiger partial charge on any atom is -0.353 e. The lowest BCUT2D eigenvalue weighted by atomic mass is 9.89. The van der Waals surface area contributed by atoms with Crippen LogP contribution in [0.2, 0.25) is 0 Å². The zero-order valence-electron chi connectivity index (χ0n) is 13.1. The van der Waals surface area contributed by atoms with E-state index in [9.17, 15) is 4.79 Å². The third-order valence-corrected chi connectivity index (χ3v) is 6.39. The van der Waals surface area contributed by atoms with E-state index >= 15 is 0 Å². The van der Waals surface area contributed by atoms with Crippen LogP contribution in [0.1, 0.15) is 51.9 Å². The molecule has 2 aliphatic heterocycles.